The average Bonchev–Trinajstić information content (AvgIpc) is 3.28. The van der Waals surface area contributed by atoms with E-state index in [1.807, 2.05) is 55.7 Å². The number of nitrogens with zero attached hydrogens (tertiary/aromatic N) is 3. The van der Waals surface area contributed by atoms with E-state index in [9.17, 15) is 4.79 Å². The lowest BCUT2D eigenvalue weighted by Crippen LogP contribution is -2.15. The van der Waals surface area contributed by atoms with Gasteiger partial charge in [-0.25, -0.2) is 0 Å². The first-order valence-electron chi connectivity index (χ1n) is 9.56. The molecule has 4 aromatic rings. The van der Waals surface area contributed by atoms with Crippen molar-refractivity contribution in [1.29, 1.82) is 0 Å². The molecular formula is C22H21ClN4O2S. The van der Waals surface area contributed by atoms with Crippen LogP contribution in [0.2, 0.25) is 5.02 Å². The molecule has 0 aliphatic carbocycles. The molecule has 8 heteroatoms. The first kappa shape index (κ1) is 20.5. The smallest absolute Gasteiger partial charge is 0.234 e. The quantitative estimate of drug-likeness (QED) is 0.388. The van der Waals surface area contributed by atoms with Crippen LogP contribution in [0.25, 0.3) is 22.6 Å². The van der Waals surface area contributed by atoms with E-state index in [1.54, 1.807) is 6.07 Å². The minimum Gasteiger partial charge on any atom is -0.453 e. The molecule has 0 unspecified atom stereocenters. The summed E-state index contributed by atoms with van der Waals surface area (Å²) in [5, 5.41) is 13.7. The molecule has 154 valence electrons. The Balaban J connectivity index is 1.49. The maximum Gasteiger partial charge on any atom is 0.234 e. The predicted octanol–water partition coefficient (Wildman–Crippen LogP) is 5.71. The first-order valence-corrected chi connectivity index (χ1v) is 10.9. The number of benzene rings is 2. The average molecular weight is 441 g/mol. The van der Waals surface area contributed by atoms with Gasteiger partial charge in [0.1, 0.15) is 5.58 Å². The van der Waals surface area contributed by atoms with E-state index in [2.05, 4.69) is 21.6 Å². The summed E-state index contributed by atoms with van der Waals surface area (Å²) in [7, 11) is 0. The molecule has 0 fully saturated rings. The maximum absolute atomic E-state index is 12.4. The van der Waals surface area contributed by atoms with E-state index in [-0.39, 0.29) is 11.7 Å². The van der Waals surface area contributed by atoms with Gasteiger partial charge in [-0.2, -0.15) is 0 Å². The second-order valence-corrected chi connectivity index (χ2v) is 8.44. The number of halogens is 1. The molecule has 0 bridgehead atoms. The van der Waals surface area contributed by atoms with Gasteiger partial charge in [0, 0.05) is 22.6 Å². The van der Waals surface area contributed by atoms with Crippen LogP contribution in [0.1, 0.15) is 18.1 Å². The highest BCUT2D eigenvalue weighted by Crippen LogP contribution is 2.30. The standard InChI is InChI=1S/C22H21ClN4O2S/c1-4-27-21(19-11-15-10-16(23)5-6-18(15)29-19)25-26-22(27)30-12-20(28)24-17-8-13(2)7-14(3)9-17/h5-11H,4,12H2,1-3H3,(H,24,28). The lowest BCUT2D eigenvalue weighted by Gasteiger charge is -2.08. The highest BCUT2D eigenvalue weighted by Gasteiger charge is 2.18. The lowest BCUT2D eigenvalue weighted by molar-refractivity contribution is -0.113. The second-order valence-electron chi connectivity index (χ2n) is 7.06. The zero-order chi connectivity index (χ0) is 21.3. The summed E-state index contributed by atoms with van der Waals surface area (Å²) < 4.78 is 7.86. The molecule has 0 aliphatic rings. The van der Waals surface area contributed by atoms with Crippen molar-refractivity contribution in [3.05, 3.63) is 58.6 Å². The monoisotopic (exact) mass is 440 g/mol. The van der Waals surface area contributed by atoms with Gasteiger partial charge in [-0.15, -0.1) is 10.2 Å². The Labute approximate surface area is 183 Å². The third-order valence-electron chi connectivity index (χ3n) is 4.57. The number of aryl methyl sites for hydroxylation is 2. The summed E-state index contributed by atoms with van der Waals surface area (Å²) in [5.41, 5.74) is 3.76. The normalized spacial score (nSPS) is 11.2. The number of anilines is 1. The molecule has 0 saturated heterocycles. The Morgan fingerprint density at radius 1 is 1.13 bits per heavy atom. The summed E-state index contributed by atoms with van der Waals surface area (Å²) in [6, 6.07) is 13.4. The minimum absolute atomic E-state index is 0.0874. The maximum atomic E-state index is 12.4. The molecule has 0 atom stereocenters. The molecular weight excluding hydrogens is 420 g/mol. The van der Waals surface area contributed by atoms with E-state index in [1.165, 1.54) is 11.8 Å². The van der Waals surface area contributed by atoms with Crippen molar-refractivity contribution in [1.82, 2.24) is 14.8 Å². The van der Waals surface area contributed by atoms with Gasteiger partial charge in [-0.1, -0.05) is 29.4 Å². The van der Waals surface area contributed by atoms with Crippen molar-refractivity contribution >= 4 is 45.9 Å². The van der Waals surface area contributed by atoms with Crippen LogP contribution in [0.15, 0.2) is 52.0 Å². The van der Waals surface area contributed by atoms with Crippen molar-refractivity contribution < 1.29 is 9.21 Å². The van der Waals surface area contributed by atoms with Gasteiger partial charge in [-0.3, -0.25) is 9.36 Å². The van der Waals surface area contributed by atoms with Gasteiger partial charge >= 0.3 is 0 Å². The molecule has 1 amide bonds. The summed E-state index contributed by atoms with van der Waals surface area (Å²) in [6.45, 7) is 6.68. The van der Waals surface area contributed by atoms with Gasteiger partial charge in [0.2, 0.25) is 11.7 Å². The Morgan fingerprint density at radius 3 is 2.63 bits per heavy atom. The van der Waals surface area contributed by atoms with Crippen molar-refractivity contribution in [2.75, 3.05) is 11.1 Å². The Kier molecular flexibility index (Phi) is 5.83. The number of rotatable bonds is 6. The molecule has 0 radical (unpaired) electrons. The fourth-order valence-corrected chi connectivity index (χ4v) is 4.34. The van der Waals surface area contributed by atoms with Crippen molar-refractivity contribution in [3.63, 3.8) is 0 Å². The van der Waals surface area contributed by atoms with Crippen LogP contribution in [0.5, 0.6) is 0 Å². The van der Waals surface area contributed by atoms with E-state index in [4.69, 9.17) is 16.0 Å². The number of hydrogen-bond donors (Lipinski definition) is 1. The topological polar surface area (TPSA) is 73.0 Å². The lowest BCUT2D eigenvalue weighted by atomic mass is 10.1. The van der Waals surface area contributed by atoms with Crippen molar-refractivity contribution in [2.24, 2.45) is 0 Å². The number of aromatic nitrogens is 3. The van der Waals surface area contributed by atoms with Gasteiger partial charge in [0.05, 0.1) is 5.75 Å². The zero-order valence-corrected chi connectivity index (χ0v) is 18.5. The van der Waals surface area contributed by atoms with Crippen LogP contribution in [0.4, 0.5) is 5.69 Å². The Hall–Kier alpha value is -2.77. The molecule has 1 N–H and O–H groups in total. The number of thioether (sulfide) groups is 1. The van der Waals surface area contributed by atoms with Gasteiger partial charge in [0.15, 0.2) is 10.9 Å². The van der Waals surface area contributed by atoms with E-state index in [0.717, 1.165) is 27.8 Å². The van der Waals surface area contributed by atoms with Crippen LogP contribution in [-0.2, 0) is 11.3 Å². The fraction of sp³-hybridized carbons (Fsp3) is 0.227. The summed E-state index contributed by atoms with van der Waals surface area (Å²) >= 11 is 7.41. The molecule has 0 spiro atoms. The van der Waals surface area contributed by atoms with E-state index >= 15 is 0 Å². The third-order valence-corrected chi connectivity index (χ3v) is 5.77. The van der Waals surface area contributed by atoms with Crippen molar-refractivity contribution in [2.45, 2.75) is 32.5 Å². The molecule has 2 aromatic heterocycles. The molecule has 2 heterocycles. The van der Waals surface area contributed by atoms with E-state index < -0.39 is 0 Å². The highest BCUT2D eigenvalue weighted by molar-refractivity contribution is 7.99. The van der Waals surface area contributed by atoms with Gasteiger partial charge in [0.25, 0.3) is 0 Å². The fourth-order valence-electron chi connectivity index (χ4n) is 3.36. The number of carbonyl (C=O) groups is 1. The predicted molar refractivity (Wildman–Crippen MR) is 121 cm³/mol. The largest absolute Gasteiger partial charge is 0.453 e. The van der Waals surface area contributed by atoms with Crippen LogP contribution < -0.4 is 5.32 Å². The van der Waals surface area contributed by atoms with Crippen LogP contribution >= 0.6 is 23.4 Å². The zero-order valence-electron chi connectivity index (χ0n) is 16.9. The van der Waals surface area contributed by atoms with Crippen LogP contribution in [0.3, 0.4) is 0 Å². The molecule has 2 aromatic carbocycles. The highest BCUT2D eigenvalue weighted by atomic mass is 35.5. The number of amides is 1. The third kappa shape index (κ3) is 4.37. The summed E-state index contributed by atoms with van der Waals surface area (Å²) in [5.74, 6) is 1.40. The molecule has 0 saturated carbocycles. The number of carbonyl (C=O) groups excluding carboxylic acids is 1. The SMILES string of the molecule is CCn1c(SCC(=O)Nc2cc(C)cc(C)c2)nnc1-c1cc2cc(Cl)ccc2o1. The Bertz CT molecular complexity index is 1210. The number of hydrogen-bond acceptors (Lipinski definition) is 5. The Morgan fingerprint density at radius 2 is 1.90 bits per heavy atom. The van der Waals surface area contributed by atoms with Crippen molar-refractivity contribution in [3.8, 4) is 11.6 Å². The number of fused-ring (bicyclic) bond motifs is 1. The van der Waals surface area contributed by atoms with Gasteiger partial charge < -0.3 is 9.73 Å². The minimum atomic E-state index is -0.0874. The molecule has 6 nitrogen and oxygen atoms in total. The molecule has 0 aliphatic heterocycles. The number of furan rings is 1. The molecule has 4 rings (SSSR count). The number of nitrogens with one attached hydrogen (secondary N) is 1. The second kappa shape index (κ2) is 8.53. The van der Waals surface area contributed by atoms with E-state index in [0.29, 0.717) is 28.3 Å². The first-order chi connectivity index (χ1) is 14.4. The molecule has 30 heavy (non-hydrogen) atoms. The van der Waals surface area contributed by atoms with Crippen LogP contribution in [-0.4, -0.2) is 26.4 Å². The van der Waals surface area contributed by atoms with Crippen LogP contribution in [0, 0.1) is 13.8 Å². The summed E-state index contributed by atoms with van der Waals surface area (Å²) in [6.07, 6.45) is 0. The summed E-state index contributed by atoms with van der Waals surface area (Å²) in [4.78, 5) is 12.4. The van der Waals surface area contributed by atoms with Gasteiger partial charge in [-0.05, 0) is 68.3 Å².